The summed E-state index contributed by atoms with van der Waals surface area (Å²) in [6.07, 6.45) is 4.42. The van der Waals surface area contributed by atoms with Gasteiger partial charge in [0.05, 0.1) is 30.4 Å². The Morgan fingerprint density at radius 2 is 1.78 bits per heavy atom. The number of nitrogens with one attached hydrogen (secondary N) is 2. The lowest BCUT2D eigenvalue weighted by atomic mass is 9.90. The fourth-order valence-corrected chi connectivity index (χ4v) is 1.98. The monoisotopic (exact) mass is 320 g/mol. The topological polar surface area (TPSA) is 102 Å². The zero-order valence-electron chi connectivity index (χ0n) is 13.8. The Kier molecular flexibility index (Phi) is 5.01. The molecule has 0 aliphatic carbocycles. The van der Waals surface area contributed by atoms with Gasteiger partial charge < -0.3 is 19.9 Å². The fourth-order valence-electron chi connectivity index (χ4n) is 1.98. The van der Waals surface area contributed by atoms with Crippen LogP contribution in [0.3, 0.4) is 0 Å². The molecule has 8 nitrogen and oxygen atoms in total. The minimum absolute atomic E-state index is 0.158. The van der Waals surface area contributed by atoms with Crippen molar-refractivity contribution in [3.8, 4) is 0 Å². The maximum atomic E-state index is 11.8. The van der Waals surface area contributed by atoms with Gasteiger partial charge in [-0.25, -0.2) is 4.98 Å². The van der Waals surface area contributed by atoms with Crippen molar-refractivity contribution in [2.45, 2.75) is 38.9 Å². The summed E-state index contributed by atoms with van der Waals surface area (Å²) in [7, 11) is -0.514. The molecule has 1 aromatic rings. The maximum Gasteiger partial charge on any atom is 0.478 e. The molecule has 2 amide bonds. The van der Waals surface area contributed by atoms with E-state index >= 15 is 0 Å². The number of amides is 2. The van der Waals surface area contributed by atoms with Crippen molar-refractivity contribution in [3.05, 3.63) is 24.3 Å². The Labute approximate surface area is 135 Å². The molecular formula is C14H21BN4O4. The Morgan fingerprint density at radius 3 is 2.35 bits per heavy atom. The minimum Gasteiger partial charge on any atom is -0.402 e. The molecule has 1 aliphatic heterocycles. The first kappa shape index (κ1) is 17.4. The zero-order valence-corrected chi connectivity index (χ0v) is 13.8. The van der Waals surface area contributed by atoms with Crippen molar-refractivity contribution in [1.82, 2.24) is 20.6 Å². The molecular weight excluding hydrogens is 299 g/mol. The van der Waals surface area contributed by atoms with E-state index in [1.807, 2.05) is 27.7 Å². The van der Waals surface area contributed by atoms with Gasteiger partial charge in [-0.2, -0.15) is 0 Å². The van der Waals surface area contributed by atoms with Crippen molar-refractivity contribution >= 4 is 18.9 Å². The van der Waals surface area contributed by atoms with Gasteiger partial charge in [-0.1, -0.05) is 0 Å². The Balaban J connectivity index is 1.73. The van der Waals surface area contributed by atoms with E-state index in [0.29, 0.717) is 0 Å². The number of rotatable bonds is 5. The second-order valence-corrected chi connectivity index (χ2v) is 6.26. The van der Waals surface area contributed by atoms with Gasteiger partial charge in [0.15, 0.2) is 0 Å². The van der Waals surface area contributed by atoms with Gasteiger partial charge >= 0.3 is 7.12 Å². The highest BCUT2D eigenvalue weighted by Gasteiger charge is 2.50. The van der Waals surface area contributed by atoms with Gasteiger partial charge in [0, 0.05) is 12.4 Å². The van der Waals surface area contributed by atoms with Crippen molar-refractivity contribution < 1.29 is 18.9 Å². The Bertz CT molecular complexity index is 563. The van der Waals surface area contributed by atoms with Crippen LogP contribution in [0.4, 0.5) is 0 Å². The molecule has 0 spiro atoms. The average Bonchev–Trinajstić information content (AvgIpc) is 2.71. The van der Waals surface area contributed by atoms with Crippen LogP contribution in [-0.4, -0.2) is 53.1 Å². The molecule has 0 atom stereocenters. The first-order valence-electron chi connectivity index (χ1n) is 7.38. The van der Waals surface area contributed by atoms with Crippen molar-refractivity contribution in [2.75, 3.05) is 13.0 Å². The summed E-state index contributed by atoms with van der Waals surface area (Å²) in [4.78, 5) is 31.2. The van der Waals surface area contributed by atoms with Crippen LogP contribution in [0.5, 0.6) is 0 Å². The summed E-state index contributed by atoms with van der Waals surface area (Å²) in [5.41, 5.74) is -0.725. The number of aromatic nitrogens is 2. The average molecular weight is 320 g/mol. The molecule has 0 unspecified atom stereocenters. The first-order chi connectivity index (χ1) is 10.7. The third-order valence-corrected chi connectivity index (χ3v) is 3.97. The molecule has 23 heavy (non-hydrogen) atoms. The molecule has 1 fully saturated rings. The molecule has 0 aromatic carbocycles. The van der Waals surface area contributed by atoms with Crippen LogP contribution in [0.2, 0.25) is 0 Å². The van der Waals surface area contributed by atoms with Gasteiger partial charge in [-0.3, -0.25) is 14.6 Å². The van der Waals surface area contributed by atoms with E-state index in [1.165, 1.54) is 18.6 Å². The predicted molar refractivity (Wildman–Crippen MR) is 83.5 cm³/mol. The second-order valence-electron chi connectivity index (χ2n) is 6.26. The summed E-state index contributed by atoms with van der Waals surface area (Å²) in [6, 6.07) is 0. The number of hydrogen-bond acceptors (Lipinski definition) is 6. The molecule has 1 aromatic heterocycles. The molecule has 0 bridgehead atoms. The summed E-state index contributed by atoms with van der Waals surface area (Å²) in [5.74, 6) is -0.791. The van der Waals surface area contributed by atoms with Gasteiger partial charge in [0.2, 0.25) is 5.91 Å². The molecule has 1 saturated heterocycles. The summed E-state index contributed by atoms with van der Waals surface area (Å²) in [6.45, 7) is 7.60. The van der Waals surface area contributed by atoms with Crippen molar-refractivity contribution in [1.29, 1.82) is 0 Å². The lowest BCUT2D eigenvalue weighted by Crippen LogP contribution is -2.42. The largest absolute Gasteiger partial charge is 0.478 e. The SMILES string of the molecule is CC1(C)OB(CNC(=O)CNC(=O)c2cnccn2)OC1(C)C. The van der Waals surface area contributed by atoms with E-state index in [-0.39, 0.29) is 24.6 Å². The van der Waals surface area contributed by atoms with Gasteiger partial charge in [-0.15, -0.1) is 0 Å². The standard InChI is InChI=1S/C14H21BN4O4/c1-13(2)14(3,4)23-15(22-13)9-19-11(20)8-18-12(21)10-7-16-5-6-17-10/h5-7H,8-9H2,1-4H3,(H,18,21)(H,19,20). The van der Waals surface area contributed by atoms with Crippen molar-refractivity contribution in [3.63, 3.8) is 0 Å². The lowest BCUT2D eigenvalue weighted by Gasteiger charge is -2.32. The third kappa shape index (κ3) is 4.26. The van der Waals surface area contributed by atoms with Gasteiger partial charge in [-0.05, 0) is 27.7 Å². The minimum atomic E-state index is -0.514. The molecule has 124 valence electrons. The summed E-state index contributed by atoms with van der Waals surface area (Å²) in [5, 5.41) is 5.14. The fraction of sp³-hybridized carbons (Fsp3) is 0.571. The van der Waals surface area contributed by atoms with Crippen LogP contribution < -0.4 is 10.6 Å². The highest BCUT2D eigenvalue weighted by Crippen LogP contribution is 2.36. The maximum absolute atomic E-state index is 11.8. The molecule has 2 rings (SSSR count). The number of hydrogen-bond donors (Lipinski definition) is 2. The van der Waals surface area contributed by atoms with E-state index in [9.17, 15) is 9.59 Å². The van der Waals surface area contributed by atoms with E-state index in [0.717, 1.165) is 0 Å². The quantitative estimate of drug-likeness (QED) is 0.738. The van der Waals surface area contributed by atoms with Gasteiger partial charge in [0.1, 0.15) is 5.69 Å². The van der Waals surface area contributed by atoms with Crippen LogP contribution in [0.15, 0.2) is 18.6 Å². The van der Waals surface area contributed by atoms with E-state index in [2.05, 4.69) is 20.6 Å². The Morgan fingerprint density at radius 1 is 1.13 bits per heavy atom. The number of nitrogens with zero attached hydrogens (tertiary/aromatic N) is 2. The summed E-state index contributed by atoms with van der Waals surface area (Å²) < 4.78 is 11.5. The number of carbonyl (C=O) groups is 2. The van der Waals surface area contributed by atoms with Crippen LogP contribution in [0.1, 0.15) is 38.2 Å². The van der Waals surface area contributed by atoms with Crippen LogP contribution in [0, 0.1) is 0 Å². The van der Waals surface area contributed by atoms with E-state index < -0.39 is 24.2 Å². The molecule has 9 heteroatoms. The normalized spacial score (nSPS) is 18.5. The van der Waals surface area contributed by atoms with E-state index in [4.69, 9.17) is 9.31 Å². The van der Waals surface area contributed by atoms with E-state index in [1.54, 1.807) is 0 Å². The molecule has 1 aliphatic rings. The first-order valence-corrected chi connectivity index (χ1v) is 7.38. The van der Waals surface area contributed by atoms with Crippen LogP contribution in [-0.2, 0) is 14.1 Å². The second kappa shape index (κ2) is 6.63. The smallest absolute Gasteiger partial charge is 0.402 e. The number of carbonyl (C=O) groups excluding carboxylic acids is 2. The predicted octanol–water partition coefficient (Wildman–Crippen LogP) is -0.0460. The molecule has 0 saturated carbocycles. The Hall–Kier alpha value is -2.00. The van der Waals surface area contributed by atoms with Crippen LogP contribution in [0.25, 0.3) is 0 Å². The van der Waals surface area contributed by atoms with Crippen LogP contribution >= 0.6 is 0 Å². The molecule has 2 N–H and O–H groups in total. The molecule has 2 heterocycles. The van der Waals surface area contributed by atoms with Gasteiger partial charge in [0.25, 0.3) is 5.91 Å². The highest BCUT2D eigenvalue weighted by atomic mass is 16.7. The lowest BCUT2D eigenvalue weighted by molar-refractivity contribution is -0.119. The highest BCUT2D eigenvalue weighted by molar-refractivity contribution is 6.46. The zero-order chi connectivity index (χ0) is 17.1. The molecule has 0 radical (unpaired) electrons. The van der Waals surface area contributed by atoms with Crippen molar-refractivity contribution in [2.24, 2.45) is 0 Å². The summed E-state index contributed by atoms with van der Waals surface area (Å²) >= 11 is 0. The third-order valence-electron chi connectivity index (χ3n) is 3.97.